The molecule has 0 spiro atoms. The topological polar surface area (TPSA) is 38.3 Å². The van der Waals surface area contributed by atoms with Gasteiger partial charge in [0.2, 0.25) is 0 Å². The van der Waals surface area contributed by atoms with Gasteiger partial charge in [0.15, 0.2) is 0 Å². The molecule has 0 saturated heterocycles. The molecule has 2 aromatic rings. The predicted molar refractivity (Wildman–Crippen MR) is 85.6 cm³/mol. The first-order chi connectivity index (χ1) is 9.60. The normalized spacial score (nSPS) is 11.9. The Morgan fingerprint density at radius 1 is 1.35 bits per heavy atom. The first-order valence-corrected chi connectivity index (χ1v) is 7.89. The second-order valence-corrected chi connectivity index (χ2v) is 6.96. The van der Waals surface area contributed by atoms with Crippen LogP contribution >= 0.6 is 27.3 Å². The van der Waals surface area contributed by atoms with Crippen molar-refractivity contribution in [3.05, 3.63) is 50.6 Å². The van der Waals surface area contributed by atoms with E-state index >= 15 is 0 Å². The molecule has 0 aliphatic heterocycles. The van der Waals surface area contributed by atoms with Gasteiger partial charge in [0.25, 0.3) is 5.91 Å². The van der Waals surface area contributed by atoms with Crippen LogP contribution in [0, 0.1) is 0 Å². The first kappa shape index (κ1) is 15.1. The molecule has 1 unspecified atom stereocenters. The van der Waals surface area contributed by atoms with Crippen LogP contribution in [-0.2, 0) is 6.42 Å². The lowest BCUT2D eigenvalue weighted by molar-refractivity contribution is 0.0944. The summed E-state index contributed by atoms with van der Waals surface area (Å²) >= 11 is 4.79. The van der Waals surface area contributed by atoms with E-state index in [9.17, 15) is 4.79 Å². The summed E-state index contributed by atoms with van der Waals surface area (Å²) in [6.07, 6.45) is 0.738. The molecule has 0 aliphatic carbocycles. The van der Waals surface area contributed by atoms with Crippen molar-refractivity contribution in [1.82, 2.24) is 5.32 Å². The van der Waals surface area contributed by atoms with Gasteiger partial charge in [0.1, 0.15) is 5.75 Å². The summed E-state index contributed by atoms with van der Waals surface area (Å²) < 4.78 is 6.28. The number of carbonyl (C=O) groups excluding carboxylic acids is 1. The highest BCUT2D eigenvalue weighted by molar-refractivity contribution is 9.11. The average molecular weight is 354 g/mol. The molecule has 1 heterocycles. The van der Waals surface area contributed by atoms with E-state index in [0.717, 1.165) is 21.5 Å². The Morgan fingerprint density at radius 2 is 2.10 bits per heavy atom. The molecule has 1 aromatic heterocycles. The summed E-state index contributed by atoms with van der Waals surface area (Å²) in [4.78, 5) is 12.8. The molecule has 2 rings (SSSR count). The second-order valence-electron chi connectivity index (χ2n) is 4.49. The van der Waals surface area contributed by atoms with Crippen LogP contribution in [0.3, 0.4) is 0 Å². The third-order valence-corrected chi connectivity index (χ3v) is 4.52. The SMILES string of the molecule is COc1ccccc1CC(C)NC(=O)c1ccc(Br)s1. The molecule has 1 atom stereocenters. The van der Waals surface area contributed by atoms with Crippen molar-refractivity contribution >= 4 is 33.2 Å². The molecular weight excluding hydrogens is 338 g/mol. The zero-order valence-electron chi connectivity index (χ0n) is 11.4. The molecular formula is C15H16BrNO2S. The zero-order valence-corrected chi connectivity index (χ0v) is 13.8. The molecule has 106 valence electrons. The average Bonchev–Trinajstić information content (AvgIpc) is 2.86. The maximum Gasteiger partial charge on any atom is 0.261 e. The van der Waals surface area contributed by atoms with E-state index in [0.29, 0.717) is 4.88 Å². The summed E-state index contributed by atoms with van der Waals surface area (Å²) in [5.41, 5.74) is 1.09. The third kappa shape index (κ3) is 3.84. The van der Waals surface area contributed by atoms with Crippen LogP contribution in [0.4, 0.5) is 0 Å². The monoisotopic (exact) mass is 353 g/mol. The lowest BCUT2D eigenvalue weighted by atomic mass is 10.1. The highest BCUT2D eigenvalue weighted by atomic mass is 79.9. The zero-order chi connectivity index (χ0) is 14.5. The fourth-order valence-corrected chi connectivity index (χ4v) is 3.27. The Hall–Kier alpha value is -1.33. The number of thiophene rings is 1. The number of para-hydroxylation sites is 1. The summed E-state index contributed by atoms with van der Waals surface area (Å²) in [5.74, 6) is 0.815. The Labute approximate surface area is 131 Å². The number of benzene rings is 1. The van der Waals surface area contributed by atoms with E-state index in [2.05, 4.69) is 21.2 Å². The first-order valence-electron chi connectivity index (χ1n) is 6.28. The molecule has 0 fully saturated rings. The lowest BCUT2D eigenvalue weighted by Crippen LogP contribution is -2.33. The number of carbonyl (C=O) groups is 1. The standard InChI is InChI=1S/C15H16BrNO2S/c1-10(9-11-5-3-4-6-12(11)19-2)17-15(18)13-7-8-14(16)20-13/h3-8,10H,9H2,1-2H3,(H,17,18). The summed E-state index contributed by atoms with van der Waals surface area (Å²) in [6, 6.07) is 11.6. The smallest absolute Gasteiger partial charge is 0.261 e. The van der Waals surface area contributed by atoms with Gasteiger partial charge < -0.3 is 10.1 Å². The van der Waals surface area contributed by atoms with E-state index in [1.807, 2.05) is 43.3 Å². The fourth-order valence-electron chi connectivity index (χ4n) is 1.98. The summed E-state index contributed by atoms with van der Waals surface area (Å²) in [5, 5.41) is 3.00. The van der Waals surface area contributed by atoms with Gasteiger partial charge in [0, 0.05) is 6.04 Å². The lowest BCUT2D eigenvalue weighted by Gasteiger charge is -2.15. The molecule has 0 bridgehead atoms. The molecule has 1 aromatic carbocycles. The largest absolute Gasteiger partial charge is 0.496 e. The van der Waals surface area contributed by atoms with Crippen molar-refractivity contribution in [3.63, 3.8) is 0 Å². The van der Waals surface area contributed by atoms with Gasteiger partial charge in [-0.05, 0) is 53.0 Å². The Bertz CT molecular complexity index is 597. The van der Waals surface area contributed by atoms with Crippen molar-refractivity contribution in [1.29, 1.82) is 0 Å². The van der Waals surface area contributed by atoms with E-state index < -0.39 is 0 Å². The van der Waals surface area contributed by atoms with Gasteiger partial charge >= 0.3 is 0 Å². The Kier molecular flexibility index (Phi) is 5.20. The van der Waals surface area contributed by atoms with Crippen molar-refractivity contribution in [2.75, 3.05) is 7.11 Å². The van der Waals surface area contributed by atoms with Crippen LogP contribution in [0.5, 0.6) is 5.75 Å². The quantitative estimate of drug-likeness (QED) is 0.885. The molecule has 0 saturated carbocycles. The van der Waals surface area contributed by atoms with Gasteiger partial charge in [-0.1, -0.05) is 18.2 Å². The number of rotatable bonds is 5. The van der Waals surface area contributed by atoms with Crippen LogP contribution < -0.4 is 10.1 Å². The highest BCUT2D eigenvalue weighted by Gasteiger charge is 2.13. The number of methoxy groups -OCH3 is 1. The molecule has 0 radical (unpaired) electrons. The van der Waals surface area contributed by atoms with E-state index in [-0.39, 0.29) is 11.9 Å². The second kappa shape index (κ2) is 6.90. The highest BCUT2D eigenvalue weighted by Crippen LogP contribution is 2.22. The number of amides is 1. The maximum absolute atomic E-state index is 12.1. The maximum atomic E-state index is 12.1. The molecule has 0 aliphatic rings. The van der Waals surface area contributed by atoms with Crippen molar-refractivity contribution in [2.24, 2.45) is 0 Å². The number of nitrogens with one attached hydrogen (secondary N) is 1. The number of halogens is 1. The summed E-state index contributed by atoms with van der Waals surface area (Å²) in [7, 11) is 1.66. The van der Waals surface area contributed by atoms with Crippen LogP contribution in [0.25, 0.3) is 0 Å². The summed E-state index contributed by atoms with van der Waals surface area (Å²) in [6.45, 7) is 1.99. The van der Waals surface area contributed by atoms with Crippen LogP contribution in [0.1, 0.15) is 22.2 Å². The van der Waals surface area contributed by atoms with Gasteiger partial charge in [-0.25, -0.2) is 0 Å². The number of hydrogen-bond donors (Lipinski definition) is 1. The fraction of sp³-hybridized carbons (Fsp3) is 0.267. The molecule has 5 heteroatoms. The molecule has 1 amide bonds. The Balaban J connectivity index is 1.98. The van der Waals surface area contributed by atoms with Gasteiger partial charge in [-0.2, -0.15) is 0 Å². The van der Waals surface area contributed by atoms with Crippen molar-refractivity contribution < 1.29 is 9.53 Å². The van der Waals surface area contributed by atoms with E-state index in [1.54, 1.807) is 7.11 Å². The minimum atomic E-state index is -0.0388. The molecule has 3 nitrogen and oxygen atoms in total. The van der Waals surface area contributed by atoms with Crippen LogP contribution in [0.2, 0.25) is 0 Å². The van der Waals surface area contributed by atoms with E-state index in [1.165, 1.54) is 11.3 Å². The van der Waals surface area contributed by atoms with Gasteiger partial charge in [0.05, 0.1) is 15.8 Å². The van der Waals surface area contributed by atoms with Gasteiger partial charge in [-0.15, -0.1) is 11.3 Å². The minimum Gasteiger partial charge on any atom is -0.496 e. The van der Waals surface area contributed by atoms with Crippen molar-refractivity contribution in [3.8, 4) is 5.75 Å². The van der Waals surface area contributed by atoms with Gasteiger partial charge in [-0.3, -0.25) is 4.79 Å². The molecule has 1 N–H and O–H groups in total. The van der Waals surface area contributed by atoms with Crippen LogP contribution in [-0.4, -0.2) is 19.1 Å². The number of ether oxygens (including phenoxy) is 1. The number of hydrogen-bond acceptors (Lipinski definition) is 3. The Morgan fingerprint density at radius 3 is 2.75 bits per heavy atom. The van der Waals surface area contributed by atoms with Crippen LogP contribution in [0.15, 0.2) is 40.2 Å². The van der Waals surface area contributed by atoms with E-state index in [4.69, 9.17) is 4.74 Å². The molecule has 20 heavy (non-hydrogen) atoms. The minimum absolute atomic E-state index is 0.0388. The van der Waals surface area contributed by atoms with Crippen molar-refractivity contribution in [2.45, 2.75) is 19.4 Å². The predicted octanol–water partition coefficient (Wildman–Crippen LogP) is 3.88. The third-order valence-electron chi connectivity index (χ3n) is 2.89.